The van der Waals surface area contributed by atoms with E-state index in [1.54, 1.807) is 26.0 Å². The number of cyclic esters (lactones) is 1. The number of methoxy groups -OCH3 is 1. The largest absolute Gasteiger partial charge is 0.497 e. The van der Waals surface area contributed by atoms with Gasteiger partial charge in [-0.2, -0.15) is 0 Å². The number of nitrogens with one attached hydrogen (secondary N) is 1. The third kappa shape index (κ3) is 3.50. The Hall–Kier alpha value is -1.80. The minimum absolute atomic E-state index is 0.141. The molecule has 1 heterocycles. The molecule has 0 saturated carbocycles. The van der Waals surface area contributed by atoms with E-state index in [1.807, 2.05) is 0 Å². The molecular formula is C14H20N2O5S. The number of hydrogen-bond acceptors (Lipinski definition) is 5. The lowest BCUT2D eigenvalue weighted by atomic mass is 10.1. The average Bonchev–Trinajstić information content (AvgIpc) is 2.83. The minimum atomic E-state index is -3.64. The van der Waals surface area contributed by atoms with Gasteiger partial charge in [-0.25, -0.2) is 17.9 Å². The summed E-state index contributed by atoms with van der Waals surface area (Å²) in [5, 5.41) is 0. The van der Waals surface area contributed by atoms with E-state index in [-0.39, 0.29) is 18.0 Å². The fourth-order valence-corrected chi connectivity index (χ4v) is 3.94. The molecule has 0 aliphatic carbocycles. The molecule has 1 aliphatic rings. The van der Waals surface area contributed by atoms with Gasteiger partial charge in [-0.05, 0) is 37.1 Å². The molecule has 2 rings (SSSR count). The Kier molecular flexibility index (Phi) is 4.92. The Morgan fingerprint density at radius 1 is 1.32 bits per heavy atom. The zero-order valence-corrected chi connectivity index (χ0v) is 13.7. The van der Waals surface area contributed by atoms with E-state index < -0.39 is 16.1 Å². The molecule has 1 saturated heterocycles. The Bertz CT molecular complexity index is 649. The van der Waals surface area contributed by atoms with Crippen LogP contribution in [0.3, 0.4) is 0 Å². The highest BCUT2D eigenvalue weighted by molar-refractivity contribution is 7.89. The van der Waals surface area contributed by atoms with Crippen LogP contribution in [0.25, 0.3) is 0 Å². The van der Waals surface area contributed by atoms with E-state index in [9.17, 15) is 13.2 Å². The van der Waals surface area contributed by atoms with Crippen molar-refractivity contribution in [1.29, 1.82) is 0 Å². The molecule has 1 fully saturated rings. The second kappa shape index (κ2) is 6.53. The second-order valence-electron chi connectivity index (χ2n) is 5.09. The van der Waals surface area contributed by atoms with Gasteiger partial charge in [0.1, 0.15) is 12.4 Å². The number of benzene rings is 1. The van der Waals surface area contributed by atoms with Crippen LogP contribution in [0.15, 0.2) is 17.0 Å². The second-order valence-corrected chi connectivity index (χ2v) is 6.79. The fraction of sp³-hybridized carbons (Fsp3) is 0.500. The van der Waals surface area contributed by atoms with Crippen LogP contribution in [0.1, 0.15) is 11.1 Å². The van der Waals surface area contributed by atoms with Gasteiger partial charge in [0.25, 0.3) is 0 Å². The summed E-state index contributed by atoms with van der Waals surface area (Å²) in [6.45, 7) is 4.71. The van der Waals surface area contributed by atoms with Crippen LogP contribution >= 0.6 is 0 Å². The third-order valence-electron chi connectivity index (χ3n) is 3.46. The lowest BCUT2D eigenvalue weighted by Crippen LogP contribution is -2.35. The van der Waals surface area contributed by atoms with Crippen LogP contribution in [-0.4, -0.2) is 52.8 Å². The molecule has 22 heavy (non-hydrogen) atoms. The van der Waals surface area contributed by atoms with Gasteiger partial charge >= 0.3 is 6.09 Å². The topological polar surface area (TPSA) is 84.9 Å². The summed E-state index contributed by atoms with van der Waals surface area (Å²) in [6.07, 6.45) is -0.406. The molecule has 0 bridgehead atoms. The van der Waals surface area contributed by atoms with Crippen molar-refractivity contribution in [2.75, 3.05) is 33.4 Å². The number of ether oxygens (including phenoxy) is 2. The molecule has 1 amide bonds. The SMILES string of the molecule is COc1cc(C)c(S(=O)(=O)NCCN2CCOC2=O)c(C)c1. The number of rotatable bonds is 6. The van der Waals surface area contributed by atoms with Crippen molar-refractivity contribution < 1.29 is 22.7 Å². The molecule has 0 spiro atoms. The lowest BCUT2D eigenvalue weighted by molar-refractivity contribution is 0.159. The van der Waals surface area contributed by atoms with Gasteiger partial charge in [-0.15, -0.1) is 0 Å². The van der Waals surface area contributed by atoms with Gasteiger partial charge in [0, 0.05) is 13.1 Å². The summed E-state index contributed by atoms with van der Waals surface area (Å²) >= 11 is 0. The monoisotopic (exact) mass is 328 g/mol. The van der Waals surface area contributed by atoms with E-state index >= 15 is 0 Å². The average molecular weight is 328 g/mol. The Labute approximate surface area is 130 Å². The molecule has 0 radical (unpaired) electrons. The summed E-state index contributed by atoms with van der Waals surface area (Å²) < 4.78 is 37.3. The van der Waals surface area contributed by atoms with Gasteiger partial charge in [0.2, 0.25) is 10.0 Å². The molecule has 0 aromatic heterocycles. The summed E-state index contributed by atoms with van der Waals surface area (Å²) in [7, 11) is -2.10. The number of nitrogens with zero attached hydrogens (tertiary/aromatic N) is 1. The first-order valence-electron chi connectivity index (χ1n) is 6.92. The van der Waals surface area contributed by atoms with E-state index in [0.29, 0.717) is 30.0 Å². The van der Waals surface area contributed by atoms with Crippen LogP contribution in [-0.2, 0) is 14.8 Å². The highest BCUT2D eigenvalue weighted by Crippen LogP contribution is 2.25. The fourth-order valence-electron chi connectivity index (χ4n) is 2.47. The van der Waals surface area contributed by atoms with Crippen LogP contribution in [0.4, 0.5) is 4.79 Å². The van der Waals surface area contributed by atoms with E-state index in [2.05, 4.69) is 4.72 Å². The smallest absolute Gasteiger partial charge is 0.409 e. The number of carbonyl (C=O) groups excluding carboxylic acids is 1. The summed E-state index contributed by atoms with van der Waals surface area (Å²) in [6, 6.07) is 3.36. The number of hydrogen-bond donors (Lipinski definition) is 1. The van der Waals surface area contributed by atoms with Crippen molar-refractivity contribution in [3.63, 3.8) is 0 Å². The molecule has 0 unspecified atom stereocenters. The van der Waals surface area contributed by atoms with Crippen LogP contribution in [0.5, 0.6) is 5.75 Å². The maximum Gasteiger partial charge on any atom is 0.409 e. The molecular weight excluding hydrogens is 308 g/mol. The standard InChI is InChI=1S/C14H20N2O5S/c1-10-8-12(20-3)9-11(2)13(10)22(18,19)15-4-5-16-6-7-21-14(16)17/h8-9,15H,4-7H2,1-3H3. The number of amides is 1. The molecule has 0 atom stereocenters. The van der Waals surface area contributed by atoms with Crippen molar-refractivity contribution >= 4 is 16.1 Å². The molecule has 1 aromatic rings. The maximum absolute atomic E-state index is 12.4. The van der Waals surface area contributed by atoms with E-state index in [4.69, 9.17) is 9.47 Å². The van der Waals surface area contributed by atoms with Crippen molar-refractivity contribution in [3.8, 4) is 5.75 Å². The highest BCUT2D eigenvalue weighted by atomic mass is 32.2. The van der Waals surface area contributed by atoms with Gasteiger partial charge in [0.05, 0.1) is 18.6 Å². The number of aryl methyl sites for hydroxylation is 2. The Morgan fingerprint density at radius 2 is 1.95 bits per heavy atom. The normalized spacial score (nSPS) is 15.0. The lowest BCUT2D eigenvalue weighted by Gasteiger charge is -2.16. The van der Waals surface area contributed by atoms with Gasteiger partial charge in [-0.3, -0.25) is 0 Å². The van der Waals surface area contributed by atoms with Gasteiger partial charge in [0.15, 0.2) is 0 Å². The molecule has 8 heteroatoms. The van der Waals surface area contributed by atoms with Crippen molar-refractivity contribution in [2.45, 2.75) is 18.7 Å². The number of sulfonamides is 1. The summed E-state index contributed by atoms with van der Waals surface area (Å²) in [5.41, 5.74) is 1.23. The van der Waals surface area contributed by atoms with Crippen molar-refractivity contribution in [2.24, 2.45) is 0 Å². The van der Waals surface area contributed by atoms with Gasteiger partial charge in [-0.1, -0.05) is 0 Å². The predicted octanol–water partition coefficient (Wildman–Crippen LogP) is 1.04. The summed E-state index contributed by atoms with van der Waals surface area (Å²) in [5.74, 6) is 0.619. The van der Waals surface area contributed by atoms with Crippen molar-refractivity contribution in [3.05, 3.63) is 23.3 Å². The quantitative estimate of drug-likeness (QED) is 0.843. The van der Waals surface area contributed by atoms with Crippen LogP contribution in [0, 0.1) is 13.8 Å². The van der Waals surface area contributed by atoms with Crippen LogP contribution < -0.4 is 9.46 Å². The highest BCUT2D eigenvalue weighted by Gasteiger charge is 2.24. The van der Waals surface area contributed by atoms with E-state index in [1.165, 1.54) is 12.0 Å². The minimum Gasteiger partial charge on any atom is -0.497 e. The molecule has 7 nitrogen and oxygen atoms in total. The zero-order valence-electron chi connectivity index (χ0n) is 12.9. The number of carbonyl (C=O) groups is 1. The van der Waals surface area contributed by atoms with E-state index in [0.717, 1.165) is 0 Å². The maximum atomic E-state index is 12.4. The van der Waals surface area contributed by atoms with Gasteiger partial charge < -0.3 is 14.4 Å². The first kappa shape index (κ1) is 16.6. The molecule has 1 aliphatic heterocycles. The van der Waals surface area contributed by atoms with Crippen molar-refractivity contribution in [1.82, 2.24) is 9.62 Å². The predicted molar refractivity (Wildman–Crippen MR) is 80.6 cm³/mol. The zero-order chi connectivity index (χ0) is 16.3. The van der Waals surface area contributed by atoms with Crippen LogP contribution in [0.2, 0.25) is 0 Å². The summed E-state index contributed by atoms with van der Waals surface area (Å²) in [4.78, 5) is 13.0. The third-order valence-corrected chi connectivity index (χ3v) is 5.22. The molecule has 1 N–H and O–H groups in total. The Balaban J connectivity index is 2.08. The first-order valence-corrected chi connectivity index (χ1v) is 8.40. The first-order chi connectivity index (χ1) is 10.3. The molecule has 122 valence electrons. The Morgan fingerprint density at radius 3 is 2.45 bits per heavy atom. The molecule has 1 aromatic carbocycles.